The highest BCUT2D eigenvalue weighted by atomic mass is 16.5. The van der Waals surface area contributed by atoms with Gasteiger partial charge in [-0.05, 0) is 30.5 Å². The van der Waals surface area contributed by atoms with Crippen LogP contribution < -0.4 is 4.74 Å². The number of amides is 1. The standard InChI is InChI=1S/C21H25NO3/c23-21(12-7-14-25-20-10-5-2-6-11-20)22-13-15-24-17-19(22)16-18-8-3-1-4-9-18/h1-6,8-11,19H,7,12-17H2. The highest BCUT2D eigenvalue weighted by molar-refractivity contribution is 5.76. The van der Waals surface area contributed by atoms with Crippen LogP contribution in [0.1, 0.15) is 18.4 Å². The van der Waals surface area contributed by atoms with Crippen LogP contribution in [0.15, 0.2) is 60.7 Å². The Morgan fingerprint density at radius 1 is 1.08 bits per heavy atom. The summed E-state index contributed by atoms with van der Waals surface area (Å²) >= 11 is 0. The molecule has 0 saturated carbocycles. The lowest BCUT2D eigenvalue weighted by Crippen LogP contribution is -2.49. The summed E-state index contributed by atoms with van der Waals surface area (Å²) in [5.74, 6) is 1.05. The molecule has 0 aliphatic carbocycles. The lowest BCUT2D eigenvalue weighted by atomic mass is 10.0. The predicted octanol–water partition coefficient (Wildman–Crippen LogP) is 3.32. The minimum atomic E-state index is 0.124. The smallest absolute Gasteiger partial charge is 0.223 e. The molecule has 1 unspecified atom stereocenters. The molecule has 4 heteroatoms. The van der Waals surface area contributed by atoms with Crippen LogP contribution in [0.4, 0.5) is 0 Å². The van der Waals surface area contributed by atoms with E-state index in [0.717, 1.165) is 18.6 Å². The molecule has 0 aromatic heterocycles. The highest BCUT2D eigenvalue weighted by Crippen LogP contribution is 2.15. The van der Waals surface area contributed by atoms with Crippen LogP contribution in [0.2, 0.25) is 0 Å². The molecular formula is C21H25NO3. The number of nitrogens with zero attached hydrogens (tertiary/aromatic N) is 1. The van der Waals surface area contributed by atoms with Crippen molar-refractivity contribution in [2.45, 2.75) is 25.3 Å². The fourth-order valence-electron chi connectivity index (χ4n) is 3.11. The van der Waals surface area contributed by atoms with Gasteiger partial charge in [-0.25, -0.2) is 0 Å². The van der Waals surface area contributed by atoms with Crippen molar-refractivity contribution >= 4 is 5.91 Å². The number of ether oxygens (including phenoxy) is 2. The Bertz CT molecular complexity index is 645. The highest BCUT2D eigenvalue weighted by Gasteiger charge is 2.26. The molecule has 0 bridgehead atoms. The van der Waals surface area contributed by atoms with E-state index < -0.39 is 0 Å². The Hall–Kier alpha value is -2.33. The maximum Gasteiger partial charge on any atom is 0.223 e. The number of hydrogen-bond acceptors (Lipinski definition) is 3. The van der Waals surface area contributed by atoms with Gasteiger partial charge < -0.3 is 14.4 Å². The first-order chi connectivity index (χ1) is 12.3. The van der Waals surface area contributed by atoms with E-state index in [-0.39, 0.29) is 11.9 Å². The van der Waals surface area contributed by atoms with Crippen LogP contribution in [0.25, 0.3) is 0 Å². The van der Waals surface area contributed by atoms with E-state index in [1.807, 2.05) is 53.4 Å². The Balaban J connectivity index is 1.47. The molecule has 0 N–H and O–H groups in total. The summed E-state index contributed by atoms with van der Waals surface area (Å²) < 4.78 is 11.3. The van der Waals surface area contributed by atoms with E-state index in [2.05, 4.69) is 12.1 Å². The van der Waals surface area contributed by atoms with Gasteiger partial charge in [0, 0.05) is 13.0 Å². The maximum absolute atomic E-state index is 12.6. The van der Waals surface area contributed by atoms with Gasteiger partial charge >= 0.3 is 0 Å². The summed E-state index contributed by atoms with van der Waals surface area (Å²) in [6.07, 6.45) is 2.08. The van der Waals surface area contributed by atoms with Crippen LogP contribution in [-0.4, -0.2) is 43.2 Å². The second-order valence-corrected chi connectivity index (χ2v) is 6.27. The van der Waals surface area contributed by atoms with Gasteiger partial charge in [0.05, 0.1) is 25.9 Å². The number of carbonyl (C=O) groups is 1. The Morgan fingerprint density at radius 2 is 1.80 bits per heavy atom. The van der Waals surface area contributed by atoms with Crippen molar-refractivity contribution in [3.8, 4) is 5.75 Å². The van der Waals surface area contributed by atoms with Gasteiger partial charge in [-0.15, -0.1) is 0 Å². The first-order valence-electron chi connectivity index (χ1n) is 8.92. The molecule has 1 aliphatic heterocycles. The molecule has 4 nitrogen and oxygen atoms in total. The summed E-state index contributed by atoms with van der Waals surface area (Å²) in [6, 6.07) is 20.1. The third-order valence-electron chi connectivity index (χ3n) is 4.41. The fourth-order valence-corrected chi connectivity index (χ4v) is 3.11. The molecule has 132 valence electrons. The lowest BCUT2D eigenvalue weighted by molar-refractivity contribution is -0.140. The average Bonchev–Trinajstić information content (AvgIpc) is 2.67. The van der Waals surface area contributed by atoms with Crippen LogP contribution in [0, 0.1) is 0 Å². The quantitative estimate of drug-likeness (QED) is 0.727. The molecule has 0 radical (unpaired) electrons. The lowest BCUT2D eigenvalue weighted by Gasteiger charge is -2.36. The van der Waals surface area contributed by atoms with E-state index in [9.17, 15) is 4.79 Å². The van der Waals surface area contributed by atoms with Crippen molar-refractivity contribution in [2.75, 3.05) is 26.4 Å². The normalized spacial score (nSPS) is 17.3. The van der Waals surface area contributed by atoms with Crippen molar-refractivity contribution in [2.24, 2.45) is 0 Å². The molecule has 2 aromatic carbocycles. The minimum absolute atomic E-state index is 0.124. The van der Waals surface area contributed by atoms with E-state index in [1.165, 1.54) is 5.56 Å². The summed E-state index contributed by atoms with van der Waals surface area (Å²) in [4.78, 5) is 14.6. The van der Waals surface area contributed by atoms with Gasteiger partial charge in [-0.1, -0.05) is 48.5 Å². The zero-order valence-electron chi connectivity index (χ0n) is 14.5. The number of morpholine rings is 1. The average molecular weight is 339 g/mol. The molecule has 3 rings (SSSR count). The van der Waals surface area contributed by atoms with Crippen LogP contribution >= 0.6 is 0 Å². The summed E-state index contributed by atoms with van der Waals surface area (Å²) in [6.45, 7) is 2.47. The zero-order chi connectivity index (χ0) is 17.3. The van der Waals surface area contributed by atoms with Crippen molar-refractivity contribution in [1.29, 1.82) is 0 Å². The summed E-state index contributed by atoms with van der Waals surface area (Å²) in [5, 5.41) is 0. The molecule has 2 aromatic rings. The largest absolute Gasteiger partial charge is 0.494 e. The van der Waals surface area contributed by atoms with E-state index in [0.29, 0.717) is 32.8 Å². The second-order valence-electron chi connectivity index (χ2n) is 6.27. The predicted molar refractivity (Wildman–Crippen MR) is 97.6 cm³/mol. The molecular weight excluding hydrogens is 314 g/mol. The fraction of sp³-hybridized carbons (Fsp3) is 0.381. The summed E-state index contributed by atoms with van der Waals surface area (Å²) in [7, 11) is 0. The Kier molecular flexibility index (Phi) is 6.46. The third kappa shape index (κ3) is 5.33. The monoisotopic (exact) mass is 339 g/mol. The SMILES string of the molecule is O=C(CCCOc1ccccc1)N1CCOCC1Cc1ccccc1. The summed E-state index contributed by atoms with van der Waals surface area (Å²) in [5.41, 5.74) is 1.24. The van der Waals surface area contributed by atoms with E-state index in [4.69, 9.17) is 9.47 Å². The third-order valence-corrected chi connectivity index (χ3v) is 4.41. The molecule has 1 amide bonds. The van der Waals surface area contributed by atoms with Gasteiger partial charge in [0.15, 0.2) is 0 Å². The first kappa shape index (κ1) is 17.5. The molecule has 1 heterocycles. The number of benzene rings is 2. The van der Waals surface area contributed by atoms with Gasteiger partial charge in [-0.2, -0.15) is 0 Å². The van der Waals surface area contributed by atoms with E-state index in [1.54, 1.807) is 0 Å². The first-order valence-corrected chi connectivity index (χ1v) is 8.92. The van der Waals surface area contributed by atoms with Crippen LogP contribution in [0.3, 0.4) is 0 Å². The van der Waals surface area contributed by atoms with Gasteiger partial charge in [0.25, 0.3) is 0 Å². The molecule has 0 spiro atoms. The van der Waals surface area contributed by atoms with E-state index >= 15 is 0 Å². The van der Waals surface area contributed by atoms with Gasteiger partial charge in [-0.3, -0.25) is 4.79 Å². The minimum Gasteiger partial charge on any atom is -0.494 e. The van der Waals surface area contributed by atoms with Crippen LogP contribution in [0.5, 0.6) is 5.75 Å². The zero-order valence-corrected chi connectivity index (χ0v) is 14.5. The number of para-hydroxylation sites is 1. The molecule has 1 saturated heterocycles. The second kappa shape index (κ2) is 9.23. The number of carbonyl (C=O) groups excluding carboxylic acids is 1. The number of hydrogen-bond donors (Lipinski definition) is 0. The van der Waals surface area contributed by atoms with Crippen molar-refractivity contribution in [3.05, 3.63) is 66.2 Å². The van der Waals surface area contributed by atoms with Crippen molar-refractivity contribution in [1.82, 2.24) is 4.90 Å². The molecule has 1 aliphatic rings. The topological polar surface area (TPSA) is 38.8 Å². The van der Waals surface area contributed by atoms with Crippen molar-refractivity contribution in [3.63, 3.8) is 0 Å². The molecule has 1 atom stereocenters. The van der Waals surface area contributed by atoms with Crippen molar-refractivity contribution < 1.29 is 14.3 Å². The Labute approximate surface area is 149 Å². The maximum atomic E-state index is 12.6. The molecule has 25 heavy (non-hydrogen) atoms. The number of rotatable bonds is 7. The van der Waals surface area contributed by atoms with Gasteiger partial charge in [0.1, 0.15) is 5.75 Å². The Morgan fingerprint density at radius 3 is 2.56 bits per heavy atom. The van der Waals surface area contributed by atoms with Gasteiger partial charge in [0.2, 0.25) is 5.91 Å². The molecule has 1 fully saturated rings. The van der Waals surface area contributed by atoms with Crippen LogP contribution in [-0.2, 0) is 16.0 Å².